The van der Waals surface area contributed by atoms with Gasteiger partial charge < -0.3 is 4.98 Å². The molecule has 0 saturated heterocycles. The number of unbranched alkanes of at least 4 members (excludes halogenated alkanes) is 1. The third kappa shape index (κ3) is 2.22. The minimum atomic E-state index is -0.0252. The van der Waals surface area contributed by atoms with Gasteiger partial charge in [0.05, 0.1) is 11.0 Å². The van der Waals surface area contributed by atoms with Crippen LogP contribution in [0.4, 0.5) is 0 Å². The maximum absolute atomic E-state index is 11.7. The molecule has 98 valence electrons. The second-order valence-electron chi connectivity index (χ2n) is 4.98. The second-order valence-corrected chi connectivity index (χ2v) is 4.98. The van der Waals surface area contributed by atoms with E-state index in [0.717, 1.165) is 17.5 Å². The molecule has 18 heavy (non-hydrogen) atoms. The van der Waals surface area contributed by atoms with Crippen LogP contribution in [0.2, 0.25) is 0 Å². The van der Waals surface area contributed by atoms with Crippen LogP contribution in [0.15, 0.2) is 23.0 Å². The van der Waals surface area contributed by atoms with E-state index in [0.29, 0.717) is 5.92 Å². The standard InChI is InChI=1S/C15H22N2O/c1-4-6-8-11(5-2)12-9-7-10-13-14(12)17(3)15(18)16-13/h7,9-11H,4-6,8H2,1-3H3,(H,16,18). The fourth-order valence-electron chi connectivity index (χ4n) is 2.70. The number of nitrogens with one attached hydrogen (secondary N) is 1. The quantitative estimate of drug-likeness (QED) is 0.860. The molecule has 0 aliphatic rings. The molecule has 0 spiro atoms. The lowest BCUT2D eigenvalue weighted by atomic mass is 9.90. The average Bonchev–Trinajstić information content (AvgIpc) is 2.67. The lowest BCUT2D eigenvalue weighted by Gasteiger charge is -2.16. The lowest BCUT2D eigenvalue weighted by molar-refractivity contribution is 0.571. The van der Waals surface area contributed by atoms with Gasteiger partial charge in [-0.3, -0.25) is 4.57 Å². The average molecular weight is 246 g/mol. The summed E-state index contributed by atoms with van der Waals surface area (Å²) in [5.74, 6) is 0.551. The van der Waals surface area contributed by atoms with Crippen molar-refractivity contribution in [2.75, 3.05) is 0 Å². The third-order valence-corrected chi connectivity index (χ3v) is 3.79. The van der Waals surface area contributed by atoms with Crippen LogP contribution in [-0.2, 0) is 7.05 Å². The summed E-state index contributed by atoms with van der Waals surface area (Å²) in [6, 6.07) is 6.19. The molecule has 1 heterocycles. The molecule has 0 bridgehead atoms. The van der Waals surface area contributed by atoms with Crippen molar-refractivity contribution in [2.24, 2.45) is 7.05 Å². The number of fused-ring (bicyclic) bond motifs is 1. The van der Waals surface area contributed by atoms with E-state index in [1.165, 1.54) is 24.8 Å². The van der Waals surface area contributed by atoms with Crippen molar-refractivity contribution in [1.29, 1.82) is 0 Å². The Balaban J connectivity index is 2.51. The summed E-state index contributed by atoms with van der Waals surface area (Å²) in [7, 11) is 1.84. The number of nitrogens with zero attached hydrogens (tertiary/aromatic N) is 1. The molecule has 1 aromatic carbocycles. The largest absolute Gasteiger partial charge is 0.326 e. The number of aromatic amines is 1. The molecule has 2 rings (SSSR count). The molecule has 0 aliphatic carbocycles. The summed E-state index contributed by atoms with van der Waals surface area (Å²) in [6.45, 7) is 4.45. The Hall–Kier alpha value is -1.51. The molecule has 0 saturated carbocycles. The van der Waals surface area contributed by atoms with Crippen molar-refractivity contribution < 1.29 is 0 Å². The summed E-state index contributed by atoms with van der Waals surface area (Å²) >= 11 is 0. The van der Waals surface area contributed by atoms with Crippen LogP contribution in [0, 0.1) is 0 Å². The number of para-hydroxylation sites is 1. The zero-order chi connectivity index (χ0) is 13.1. The maximum atomic E-state index is 11.7. The number of imidazole rings is 1. The van der Waals surface area contributed by atoms with Gasteiger partial charge >= 0.3 is 5.69 Å². The molecule has 2 aromatic rings. The highest BCUT2D eigenvalue weighted by atomic mass is 16.1. The molecule has 1 aromatic heterocycles. The first kappa shape index (κ1) is 12.9. The first-order valence-electron chi connectivity index (χ1n) is 6.86. The zero-order valence-corrected chi connectivity index (χ0v) is 11.5. The Labute approximate surface area is 108 Å². The van der Waals surface area contributed by atoms with E-state index >= 15 is 0 Å². The van der Waals surface area contributed by atoms with Gasteiger partial charge in [0, 0.05) is 7.05 Å². The van der Waals surface area contributed by atoms with Gasteiger partial charge in [0.2, 0.25) is 0 Å². The summed E-state index contributed by atoms with van der Waals surface area (Å²) < 4.78 is 1.74. The first-order valence-corrected chi connectivity index (χ1v) is 6.86. The van der Waals surface area contributed by atoms with Crippen LogP contribution in [0.1, 0.15) is 51.0 Å². The van der Waals surface area contributed by atoms with Crippen molar-refractivity contribution in [3.05, 3.63) is 34.2 Å². The van der Waals surface area contributed by atoms with Crippen LogP contribution in [-0.4, -0.2) is 9.55 Å². The van der Waals surface area contributed by atoms with Crippen LogP contribution in [0.25, 0.3) is 11.0 Å². The summed E-state index contributed by atoms with van der Waals surface area (Å²) in [6.07, 6.45) is 4.79. The van der Waals surface area contributed by atoms with Crippen molar-refractivity contribution >= 4 is 11.0 Å². The van der Waals surface area contributed by atoms with E-state index in [1.54, 1.807) is 4.57 Å². The Morgan fingerprint density at radius 1 is 1.33 bits per heavy atom. The van der Waals surface area contributed by atoms with E-state index in [1.807, 2.05) is 19.2 Å². The number of aromatic nitrogens is 2. The monoisotopic (exact) mass is 246 g/mol. The Bertz CT molecular complexity index is 580. The smallest absolute Gasteiger partial charge is 0.306 e. The lowest BCUT2D eigenvalue weighted by Crippen LogP contribution is -2.13. The van der Waals surface area contributed by atoms with Gasteiger partial charge in [-0.15, -0.1) is 0 Å². The van der Waals surface area contributed by atoms with Gasteiger partial charge in [0.1, 0.15) is 0 Å². The number of benzene rings is 1. The number of hydrogen-bond donors (Lipinski definition) is 1. The van der Waals surface area contributed by atoms with E-state index in [-0.39, 0.29) is 5.69 Å². The van der Waals surface area contributed by atoms with Crippen LogP contribution >= 0.6 is 0 Å². The predicted molar refractivity (Wildman–Crippen MR) is 76.1 cm³/mol. The molecule has 0 amide bonds. The number of aryl methyl sites for hydroxylation is 1. The van der Waals surface area contributed by atoms with Crippen molar-refractivity contribution in [3.8, 4) is 0 Å². The SMILES string of the molecule is CCCCC(CC)c1cccc2[nH]c(=O)n(C)c12. The van der Waals surface area contributed by atoms with Crippen molar-refractivity contribution in [2.45, 2.75) is 45.4 Å². The second kappa shape index (κ2) is 5.42. The summed E-state index contributed by atoms with van der Waals surface area (Å²) in [5, 5.41) is 0. The Morgan fingerprint density at radius 3 is 2.78 bits per heavy atom. The fraction of sp³-hybridized carbons (Fsp3) is 0.533. The topological polar surface area (TPSA) is 37.8 Å². The maximum Gasteiger partial charge on any atom is 0.326 e. The van der Waals surface area contributed by atoms with Gasteiger partial charge in [-0.2, -0.15) is 0 Å². The number of H-pyrrole nitrogens is 1. The van der Waals surface area contributed by atoms with Gasteiger partial charge in [0.25, 0.3) is 0 Å². The Kier molecular flexibility index (Phi) is 3.90. The van der Waals surface area contributed by atoms with E-state index < -0.39 is 0 Å². The normalized spacial score (nSPS) is 13.1. The molecule has 0 aliphatic heterocycles. The molecule has 0 radical (unpaired) electrons. The van der Waals surface area contributed by atoms with Crippen LogP contribution < -0.4 is 5.69 Å². The van der Waals surface area contributed by atoms with E-state index in [9.17, 15) is 4.79 Å². The highest BCUT2D eigenvalue weighted by Crippen LogP contribution is 2.30. The fourth-order valence-corrected chi connectivity index (χ4v) is 2.70. The first-order chi connectivity index (χ1) is 8.69. The minimum absolute atomic E-state index is 0.0252. The molecular formula is C15H22N2O. The summed E-state index contributed by atoms with van der Waals surface area (Å²) in [4.78, 5) is 14.6. The predicted octanol–water partition coefficient (Wildman–Crippen LogP) is 3.55. The number of hydrogen-bond acceptors (Lipinski definition) is 1. The van der Waals surface area contributed by atoms with Crippen LogP contribution in [0.3, 0.4) is 0 Å². The minimum Gasteiger partial charge on any atom is -0.306 e. The molecule has 1 atom stereocenters. The molecule has 0 fully saturated rings. The van der Waals surface area contributed by atoms with Gasteiger partial charge in [-0.1, -0.05) is 38.8 Å². The molecule has 3 nitrogen and oxygen atoms in total. The molecule has 3 heteroatoms. The van der Waals surface area contributed by atoms with Gasteiger partial charge in [-0.25, -0.2) is 4.79 Å². The highest BCUT2D eigenvalue weighted by Gasteiger charge is 2.15. The van der Waals surface area contributed by atoms with Gasteiger partial charge in [0.15, 0.2) is 0 Å². The number of rotatable bonds is 5. The van der Waals surface area contributed by atoms with Gasteiger partial charge in [-0.05, 0) is 30.4 Å². The van der Waals surface area contributed by atoms with Crippen molar-refractivity contribution in [1.82, 2.24) is 9.55 Å². The molecule has 1 N–H and O–H groups in total. The molecular weight excluding hydrogens is 224 g/mol. The third-order valence-electron chi connectivity index (χ3n) is 3.79. The van der Waals surface area contributed by atoms with E-state index in [2.05, 4.69) is 24.9 Å². The summed E-state index contributed by atoms with van der Waals surface area (Å²) in [5.41, 5.74) is 3.31. The van der Waals surface area contributed by atoms with Crippen LogP contribution in [0.5, 0.6) is 0 Å². The van der Waals surface area contributed by atoms with E-state index in [4.69, 9.17) is 0 Å². The Morgan fingerprint density at radius 2 is 2.11 bits per heavy atom. The van der Waals surface area contributed by atoms with Crippen molar-refractivity contribution in [3.63, 3.8) is 0 Å². The zero-order valence-electron chi connectivity index (χ0n) is 11.5. The highest BCUT2D eigenvalue weighted by molar-refractivity contribution is 5.79. The molecule has 1 unspecified atom stereocenters.